The summed E-state index contributed by atoms with van der Waals surface area (Å²) in [5.41, 5.74) is 0. The van der Waals surface area contributed by atoms with Crippen molar-refractivity contribution < 1.29 is 50.0 Å². The molecule has 0 radical (unpaired) electrons. The first-order chi connectivity index (χ1) is 32.2. The number of hydrogen-bond acceptors (Lipinski definition) is 10. The lowest BCUT2D eigenvalue weighted by Crippen LogP contribution is -2.60. The molecule has 1 rings (SSSR count). The van der Waals surface area contributed by atoms with Crippen molar-refractivity contribution in [2.24, 2.45) is 0 Å². The highest BCUT2D eigenvalue weighted by molar-refractivity contribution is 5.80. The van der Waals surface area contributed by atoms with Crippen LogP contribution in [0.15, 0.2) is 48.6 Å². The molecule has 0 aliphatic carbocycles. The van der Waals surface area contributed by atoms with Crippen LogP contribution in [-0.4, -0.2) is 110 Å². The molecule has 1 aliphatic heterocycles. The summed E-state index contributed by atoms with van der Waals surface area (Å²) < 4.78 is 11.1. The number of aliphatic hydroxyl groups is 7. The minimum absolute atomic E-state index is 0.226. The zero-order valence-corrected chi connectivity index (χ0v) is 41.9. The van der Waals surface area contributed by atoms with E-state index < -0.39 is 74.2 Å². The van der Waals surface area contributed by atoms with E-state index in [2.05, 4.69) is 67.8 Å². The van der Waals surface area contributed by atoms with Crippen LogP contribution in [0.5, 0.6) is 0 Å². The van der Waals surface area contributed by atoms with Gasteiger partial charge in [-0.3, -0.25) is 4.79 Å². The quantitative estimate of drug-likeness (QED) is 0.0216. The van der Waals surface area contributed by atoms with Crippen LogP contribution >= 0.6 is 0 Å². The Morgan fingerprint density at radius 2 is 0.924 bits per heavy atom. The maximum Gasteiger partial charge on any atom is 0.249 e. The SMILES string of the molecule is CCCC/C=C\CCCCCC(O)C(=O)NC(COC1OC(CO)C(O)C(O)C1O)C(O)C(O)CCC/C=C/CC/C=C/CC/C=C/CCCCCCCCCCCCCCCCCCC. The zero-order valence-electron chi connectivity index (χ0n) is 41.9. The third-order valence-electron chi connectivity index (χ3n) is 12.8. The smallest absolute Gasteiger partial charge is 0.249 e. The number of carbonyl (C=O) groups excluding carboxylic acids is 1. The average molecular weight is 936 g/mol. The second-order valence-corrected chi connectivity index (χ2v) is 18.9. The highest BCUT2D eigenvalue weighted by Crippen LogP contribution is 2.23. The largest absolute Gasteiger partial charge is 0.394 e. The number of carbonyl (C=O) groups is 1. The Morgan fingerprint density at radius 3 is 1.39 bits per heavy atom. The van der Waals surface area contributed by atoms with E-state index in [4.69, 9.17) is 9.47 Å². The van der Waals surface area contributed by atoms with Gasteiger partial charge in [-0.05, 0) is 83.5 Å². The summed E-state index contributed by atoms with van der Waals surface area (Å²) in [6.07, 6.45) is 43.6. The van der Waals surface area contributed by atoms with Gasteiger partial charge >= 0.3 is 0 Å². The predicted octanol–water partition coefficient (Wildman–Crippen LogP) is 10.5. The van der Waals surface area contributed by atoms with E-state index in [0.29, 0.717) is 19.3 Å². The summed E-state index contributed by atoms with van der Waals surface area (Å²) in [6.45, 7) is 3.35. The number of ether oxygens (including phenoxy) is 2. The van der Waals surface area contributed by atoms with E-state index in [9.17, 15) is 40.5 Å². The average Bonchev–Trinajstić information content (AvgIpc) is 3.32. The van der Waals surface area contributed by atoms with Gasteiger partial charge in [0, 0.05) is 0 Å². The topological polar surface area (TPSA) is 189 Å². The molecular formula is C55H101NO10. The Hall–Kier alpha value is -1.93. The number of unbranched alkanes of at least 4 members (excludes halogenated alkanes) is 25. The highest BCUT2D eigenvalue weighted by atomic mass is 16.7. The third-order valence-corrected chi connectivity index (χ3v) is 12.8. The molecule has 9 atom stereocenters. The van der Waals surface area contributed by atoms with Crippen LogP contribution in [-0.2, 0) is 14.3 Å². The van der Waals surface area contributed by atoms with Crippen LogP contribution in [0.2, 0.25) is 0 Å². The predicted molar refractivity (Wildman–Crippen MR) is 270 cm³/mol. The molecule has 1 saturated heterocycles. The molecule has 1 amide bonds. The molecule has 0 aromatic heterocycles. The first kappa shape index (κ1) is 62.1. The third kappa shape index (κ3) is 32.8. The van der Waals surface area contributed by atoms with Gasteiger partial charge in [-0.2, -0.15) is 0 Å². The van der Waals surface area contributed by atoms with Crippen molar-refractivity contribution in [1.82, 2.24) is 5.32 Å². The molecule has 0 aromatic carbocycles. The Balaban J connectivity index is 2.28. The lowest BCUT2D eigenvalue weighted by Gasteiger charge is -2.40. The first-order valence-electron chi connectivity index (χ1n) is 27.0. The van der Waals surface area contributed by atoms with Crippen molar-refractivity contribution >= 4 is 5.91 Å². The van der Waals surface area contributed by atoms with Gasteiger partial charge in [0.15, 0.2) is 6.29 Å². The minimum atomic E-state index is -1.68. The van der Waals surface area contributed by atoms with Gasteiger partial charge < -0.3 is 50.5 Å². The van der Waals surface area contributed by atoms with Gasteiger partial charge in [-0.25, -0.2) is 0 Å². The van der Waals surface area contributed by atoms with Crippen LogP contribution in [0.25, 0.3) is 0 Å². The fraction of sp³-hybridized carbons (Fsp3) is 0.836. The maximum absolute atomic E-state index is 13.0. The van der Waals surface area contributed by atoms with Gasteiger partial charge in [-0.15, -0.1) is 0 Å². The Kier molecular flexibility index (Phi) is 41.7. The van der Waals surface area contributed by atoms with Crippen molar-refractivity contribution in [3.8, 4) is 0 Å². The molecule has 1 aliphatic rings. The van der Waals surface area contributed by atoms with Crippen molar-refractivity contribution in [1.29, 1.82) is 0 Å². The van der Waals surface area contributed by atoms with Crippen molar-refractivity contribution in [3.05, 3.63) is 48.6 Å². The molecule has 0 spiro atoms. The summed E-state index contributed by atoms with van der Waals surface area (Å²) >= 11 is 0. The van der Waals surface area contributed by atoms with E-state index in [1.54, 1.807) is 0 Å². The number of rotatable bonds is 45. The van der Waals surface area contributed by atoms with Crippen molar-refractivity contribution in [2.75, 3.05) is 13.2 Å². The number of hydrogen-bond donors (Lipinski definition) is 8. The molecule has 386 valence electrons. The fourth-order valence-corrected chi connectivity index (χ4v) is 8.34. The minimum Gasteiger partial charge on any atom is -0.394 e. The first-order valence-corrected chi connectivity index (χ1v) is 27.0. The Morgan fingerprint density at radius 1 is 0.515 bits per heavy atom. The van der Waals surface area contributed by atoms with E-state index >= 15 is 0 Å². The van der Waals surface area contributed by atoms with E-state index in [-0.39, 0.29) is 12.8 Å². The molecule has 0 aromatic rings. The van der Waals surface area contributed by atoms with E-state index in [0.717, 1.165) is 57.8 Å². The van der Waals surface area contributed by atoms with Crippen LogP contribution in [0.4, 0.5) is 0 Å². The van der Waals surface area contributed by atoms with Gasteiger partial charge in [0.05, 0.1) is 25.4 Å². The number of nitrogens with one attached hydrogen (secondary N) is 1. The fourth-order valence-electron chi connectivity index (χ4n) is 8.34. The van der Waals surface area contributed by atoms with E-state index in [1.807, 2.05) is 0 Å². The molecule has 0 bridgehead atoms. The summed E-state index contributed by atoms with van der Waals surface area (Å²) in [5.74, 6) is -0.729. The molecule has 9 unspecified atom stereocenters. The Labute approximate surface area is 402 Å². The zero-order chi connectivity index (χ0) is 48.3. The highest BCUT2D eigenvalue weighted by Gasteiger charge is 2.44. The van der Waals surface area contributed by atoms with Gasteiger partial charge in [-0.1, -0.05) is 191 Å². The molecule has 1 fully saturated rings. The standard InChI is InChI=1S/C55H101NO10/c1-3-5-7-9-11-13-14-15-16-17-18-19-20-21-22-23-24-25-26-27-28-29-30-31-32-33-35-36-38-40-42-47(58)50(60)46(45-65-55-53(63)52(62)51(61)49(44-57)66-55)56-54(64)48(59)43-41-39-37-34-12-10-8-6-4-2/h10,12,26-27,30-31,35-36,46-53,55,57-63H,3-9,11,13-25,28-29,32-34,37-45H2,1-2H3,(H,56,64)/b12-10-,27-26+,31-30+,36-35+. The maximum atomic E-state index is 13.0. The van der Waals surface area contributed by atoms with Crippen LogP contribution in [0.1, 0.15) is 226 Å². The molecule has 11 heteroatoms. The van der Waals surface area contributed by atoms with Crippen molar-refractivity contribution in [2.45, 2.75) is 281 Å². The van der Waals surface area contributed by atoms with Crippen molar-refractivity contribution in [3.63, 3.8) is 0 Å². The van der Waals surface area contributed by atoms with E-state index in [1.165, 1.54) is 122 Å². The molecular weight excluding hydrogens is 835 g/mol. The number of aliphatic hydroxyl groups excluding tert-OH is 7. The number of amides is 1. The lowest BCUT2D eigenvalue weighted by molar-refractivity contribution is -0.303. The molecule has 1 heterocycles. The monoisotopic (exact) mass is 936 g/mol. The Bertz CT molecular complexity index is 1210. The van der Waals surface area contributed by atoms with Crippen LogP contribution in [0.3, 0.4) is 0 Å². The number of allylic oxidation sites excluding steroid dienone is 8. The molecule has 0 saturated carbocycles. The normalized spacial score (nSPS) is 21.1. The molecule has 66 heavy (non-hydrogen) atoms. The lowest BCUT2D eigenvalue weighted by atomic mass is 9.98. The second kappa shape index (κ2) is 44.3. The molecule has 11 nitrogen and oxygen atoms in total. The summed E-state index contributed by atoms with van der Waals surface area (Å²) in [6, 6.07) is -1.20. The van der Waals surface area contributed by atoms with Gasteiger partial charge in [0.25, 0.3) is 0 Å². The van der Waals surface area contributed by atoms with Gasteiger partial charge in [0.1, 0.15) is 36.6 Å². The summed E-state index contributed by atoms with van der Waals surface area (Å²) in [5, 5.41) is 75.6. The summed E-state index contributed by atoms with van der Waals surface area (Å²) in [7, 11) is 0. The molecule has 8 N–H and O–H groups in total. The summed E-state index contributed by atoms with van der Waals surface area (Å²) in [4.78, 5) is 13.0. The van der Waals surface area contributed by atoms with Crippen LogP contribution < -0.4 is 5.32 Å². The van der Waals surface area contributed by atoms with Crippen LogP contribution in [0, 0.1) is 0 Å². The van der Waals surface area contributed by atoms with Gasteiger partial charge in [0.2, 0.25) is 5.91 Å². The second-order valence-electron chi connectivity index (χ2n) is 18.9.